The van der Waals surface area contributed by atoms with E-state index >= 15 is 0 Å². The molecule has 4 heteroatoms. The van der Waals surface area contributed by atoms with Crippen LogP contribution in [-0.2, 0) is 6.42 Å². The molecule has 0 spiro atoms. The fraction of sp³-hybridized carbons (Fsp3) is 0.0833. The third-order valence-electron chi connectivity index (χ3n) is 2.18. The molecule has 0 aliphatic carbocycles. The molecule has 1 aromatic carbocycles. The van der Waals surface area contributed by atoms with E-state index < -0.39 is 0 Å². The Morgan fingerprint density at radius 1 is 1.31 bits per heavy atom. The van der Waals surface area contributed by atoms with Gasteiger partial charge in [-0.15, -0.1) is 0 Å². The van der Waals surface area contributed by atoms with Gasteiger partial charge in [0.1, 0.15) is 0 Å². The van der Waals surface area contributed by atoms with Crippen LogP contribution in [0.3, 0.4) is 0 Å². The van der Waals surface area contributed by atoms with Crippen molar-refractivity contribution in [1.82, 2.24) is 0 Å². The van der Waals surface area contributed by atoms with Crippen LogP contribution in [-0.4, -0.2) is 5.78 Å². The molecule has 1 heterocycles. The van der Waals surface area contributed by atoms with Gasteiger partial charge in [-0.2, -0.15) is 0 Å². The molecule has 84 valence electrons. The molecule has 0 N–H and O–H groups in total. The fourth-order valence-corrected chi connectivity index (χ4v) is 3.33. The van der Waals surface area contributed by atoms with Gasteiger partial charge in [0.25, 0.3) is 0 Å². The maximum atomic E-state index is 11.8. The summed E-state index contributed by atoms with van der Waals surface area (Å²) in [6.07, 6.45) is 1.94. The zero-order valence-corrected chi connectivity index (χ0v) is 11.8. The first-order valence-corrected chi connectivity index (χ1v) is 10.0. The first-order chi connectivity index (χ1) is 7.79. The summed E-state index contributed by atoms with van der Waals surface area (Å²) in [5, 5.41) is 0. The Bertz CT molecular complexity index is 480. The van der Waals surface area contributed by atoms with E-state index in [0.29, 0.717) is 12.2 Å². The van der Waals surface area contributed by atoms with Crippen molar-refractivity contribution < 1.29 is 29.9 Å². The van der Waals surface area contributed by atoms with E-state index in [1.165, 1.54) is 9.83 Å². The predicted octanol–water partition coefficient (Wildman–Crippen LogP) is -0.246. The third kappa shape index (κ3) is 2.92. The third-order valence-corrected chi connectivity index (χ3v) is 5.26. The van der Waals surface area contributed by atoms with E-state index in [-0.39, 0.29) is 26.4 Å². The Morgan fingerprint density at radius 2 is 2.19 bits per heavy atom. The van der Waals surface area contributed by atoms with Crippen LogP contribution in [0.4, 0.5) is 0 Å². The summed E-state index contributed by atoms with van der Waals surface area (Å²) in [6, 6.07) is 11.6. The molecule has 16 heavy (non-hydrogen) atoms. The molecule has 1 atom stereocenters. The van der Waals surface area contributed by atoms with Crippen LogP contribution in [0.2, 0.25) is 0 Å². The van der Waals surface area contributed by atoms with Gasteiger partial charge in [0.2, 0.25) is 0 Å². The minimum atomic E-state index is 0.00276. The van der Waals surface area contributed by atoms with Gasteiger partial charge >= 0.3 is 107 Å². The number of ketones is 1. The average Bonchev–Trinajstić information content (AvgIpc) is 2.83. The number of halogens is 1. The average molecular weight is 345 g/mol. The van der Waals surface area contributed by atoms with Crippen molar-refractivity contribution in [3.63, 3.8) is 0 Å². The Labute approximate surface area is 106 Å². The number of furan rings is 1. The molecule has 1 aromatic heterocycles. The molecular weight excluding hydrogens is 334 g/mol. The van der Waals surface area contributed by atoms with E-state index in [4.69, 9.17) is 4.42 Å². The zero-order chi connectivity index (χ0) is 11.4. The SMILES string of the molecule is O=C(Cc1cccc([I-]P)c1)c1ccco1. The Balaban J connectivity index is 2.12. The number of carbonyl (C=O) groups excluding carboxylic acids is 1. The van der Waals surface area contributed by atoms with Gasteiger partial charge in [-0.3, -0.25) is 0 Å². The second kappa shape index (κ2) is 5.60. The molecule has 1 unspecified atom stereocenters. The number of rotatable bonds is 4. The maximum absolute atomic E-state index is 11.8. The molecule has 2 rings (SSSR count). The summed E-state index contributed by atoms with van der Waals surface area (Å²) < 4.78 is 6.40. The van der Waals surface area contributed by atoms with Crippen LogP contribution in [0.5, 0.6) is 0 Å². The van der Waals surface area contributed by atoms with Crippen molar-refractivity contribution >= 4 is 12.7 Å². The molecule has 0 bridgehead atoms. The van der Waals surface area contributed by atoms with Gasteiger partial charge in [-0.05, 0) is 0 Å². The molecule has 2 nitrogen and oxygen atoms in total. The molecule has 0 aliphatic heterocycles. The summed E-state index contributed by atoms with van der Waals surface area (Å²) in [6.45, 7) is 2.79. The van der Waals surface area contributed by atoms with Crippen LogP contribution in [0.1, 0.15) is 16.1 Å². The van der Waals surface area contributed by atoms with Crippen molar-refractivity contribution in [3.8, 4) is 0 Å². The van der Waals surface area contributed by atoms with Gasteiger partial charge in [0.15, 0.2) is 0 Å². The summed E-state index contributed by atoms with van der Waals surface area (Å²) >= 11 is 0.00276. The van der Waals surface area contributed by atoms with Crippen molar-refractivity contribution in [2.45, 2.75) is 6.42 Å². The first-order valence-electron chi connectivity index (χ1n) is 4.78. The number of carbonyl (C=O) groups is 1. The molecule has 0 fully saturated rings. The van der Waals surface area contributed by atoms with Gasteiger partial charge < -0.3 is 0 Å². The number of Topliss-reactive ketones (excluding diaryl/α,β-unsaturated/α-hetero) is 1. The molecule has 0 amide bonds. The quantitative estimate of drug-likeness (QED) is 0.435. The molecule has 0 aliphatic rings. The topological polar surface area (TPSA) is 30.2 Å². The van der Waals surface area contributed by atoms with Crippen LogP contribution in [0.15, 0.2) is 47.1 Å². The molecule has 0 radical (unpaired) electrons. The van der Waals surface area contributed by atoms with Crippen LogP contribution < -0.4 is 20.7 Å². The van der Waals surface area contributed by atoms with E-state index in [9.17, 15) is 4.79 Å². The molecule has 0 saturated heterocycles. The van der Waals surface area contributed by atoms with Crippen molar-refractivity contribution in [1.29, 1.82) is 0 Å². The molecular formula is C12H11IO2P-. The van der Waals surface area contributed by atoms with E-state index in [0.717, 1.165) is 5.56 Å². The Kier molecular flexibility index (Phi) is 4.13. The van der Waals surface area contributed by atoms with Crippen LogP contribution >= 0.6 is 6.88 Å². The summed E-state index contributed by atoms with van der Waals surface area (Å²) in [7, 11) is 0. The van der Waals surface area contributed by atoms with Gasteiger partial charge in [0, 0.05) is 0 Å². The summed E-state index contributed by atoms with van der Waals surface area (Å²) in [4.78, 5) is 11.8. The second-order valence-electron chi connectivity index (χ2n) is 3.32. The predicted molar refractivity (Wildman–Crippen MR) is 61.6 cm³/mol. The summed E-state index contributed by atoms with van der Waals surface area (Å²) in [5.74, 6) is 0.468. The van der Waals surface area contributed by atoms with E-state index in [1.54, 1.807) is 12.1 Å². The van der Waals surface area contributed by atoms with E-state index in [2.05, 4.69) is 19.0 Å². The van der Waals surface area contributed by atoms with E-state index in [1.807, 2.05) is 12.1 Å². The van der Waals surface area contributed by atoms with Crippen molar-refractivity contribution in [3.05, 3.63) is 57.6 Å². The molecule has 0 saturated carbocycles. The minimum absolute atomic E-state index is 0.00276. The van der Waals surface area contributed by atoms with Crippen LogP contribution in [0.25, 0.3) is 0 Å². The number of hydrogen-bond acceptors (Lipinski definition) is 2. The molecule has 2 aromatic rings. The zero-order valence-electron chi connectivity index (χ0n) is 8.52. The fourth-order valence-electron chi connectivity index (χ4n) is 1.42. The number of benzene rings is 1. The van der Waals surface area contributed by atoms with Crippen molar-refractivity contribution in [2.75, 3.05) is 0 Å². The Hall–Kier alpha value is -0.670. The second-order valence-corrected chi connectivity index (χ2v) is 6.65. The Morgan fingerprint density at radius 3 is 2.88 bits per heavy atom. The normalized spacial score (nSPS) is 10.6. The van der Waals surface area contributed by atoms with Crippen LogP contribution in [0, 0.1) is 3.57 Å². The van der Waals surface area contributed by atoms with Gasteiger partial charge in [0.05, 0.1) is 0 Å². The van der Waals surface area contributed by atoms with Gasteiger partial charge in [-0.1, -0.05) is 0 Å². The summed E-state index contributed by atoms with van der Waals surface area (Å²) in [5.41, 5.74) is 1.06. The monoisotopic (exact) mass is 345 g/mol. The standard InChI is InChI=1S/C12H11IO2P/c14-11(12-5-2-6-15-12)8-9-3-1-4-10(7-9)13-16/h1-7H,8,16H2/q-1. The first kappa shape index (κ1) is 11.8. The number of hydrogen-bond donors (Lipinski definition) is 0. The van der Waals surface area contributed by atoms with Gasteiger partial charge in [-0.25, -0.2) is 0 Å². The van der Waals surface area contributed by atoms with Crippen molar-refractivity contribution in [2.24, 2.45) is 0 Å².